The van der Waals surface area contributed by atoms with Gasteiger partial charge in [0.25, 0.3) is 0 Å². The average molecular weight is 485 g/mol. The van der Waals surface area contributed by atoms with E-state index in [-0.39, 0.29) is 24.0 Å². The van der Waals surface area contributed by atoms with E-state index in [1.165, 1.54) is 11.9 Å². The molecule has 0 aliphatic carbocycles. The molecule has 2 aromatic rings. The molecule has 1 N–H and O–H groups in total. The molecule has 150 valence electrons. The van der Waals surface area contributed by atoms with Crippen molar-refractivity contribution < 1.29 is 4.74 Å². The lowest BCUT2D eigenvalue weighted by molar-refractivity contribution is 0.157. The van der Waals surface area contributed by atoms with E-state index in [0.717, 1.165) is 63.1 Å². The molecular weight excluding hydrogens is 453 g/mol. The number of hydrogen-bond acceptors (Lipinski definition) is 3. The Bertz CT molecular complexity index is 745. The summed E-state index contributed by atoms with van der Waals surface area (Å²) in [4.78, 5) is 11.9. The minimum Gasteiger partial charge on any atom is -0.384 e. The van der Waals surface area contributed by atoms with Crippen LogP contribution in [0.5, 0.6) is 0 Å². The molecule has 3 rings (SSSR count). The molecule has 7 heteroatoms. The Kier molecular flexibility index (Phi) is 8.82. The van der Waals surface area contributed by atoms with Crippen LogP contribution < -0.4 is 5.32 Å². The molecule has 1 aromatic carbocycles. The lowest BCUT2D eigenvalue weighted by Gasteiger charge is -2.21. The highest BCUT2D eigenvalue weighted by Crippen LogP contribution is 2.17. The molecule has 1 atom stereocenters. The highest BCUT2D eigenvalue weighted by Gasteiger charge is 2.24. The second-order valence-corrected chi connectivity index (χ2v) is 6.94. The van der Waals surface area contributed by atoms with Crippen molar-refractivity contribution in [2.75, 3.05) is 39.9 Å². The topological polar surface area (TPSA) is 54.7 Å². The van der Waals surface area contributed by atoms with Gasteiger partial charge in [0.15, 0.2) is 5.96 Å². The molecule has 1 aliphatic rings. The van der Waals surface area contributed by atoms with Crippen molar-refractivity contribution in [2.45, 2.75) is 33.2 Å². The molecule has 2 heterocycles. The predicted octanol–water partition coefficient (Wildman–Crippen LogP) is 3.29. The van der Waals surface area contributed by atoms with Crippen LogP contribution in [0.1, 0.15) is 25.6 Å². The minimum absolute atomic E-state index is 0. The Morgan fingerprint density at radius 1 is 1.37 bits per heavy atom. The fraction of sp³-hybridized carbons (Fsp3) is 0.600. The minimum atomic E-state index is 0. The van der Waals surface area contributed by atoms with Crippen molar-refractivity contribution in [3.63, 3.8) is 0 Å². The van der Waals surface area contributed by atoms with Gasteiger partial charge in [-0.3, -0.25) is 4.99 Å². The number of methoxy groups -OCH3 is 1. The Labute approximate surface area is 179 Å². The van der Waals surface area contributed by atoms with Gasteiger partial charge in [0.2, 0.25) is 0 Å². The maximum absolute atomic E-state index is 5.30. The van der Waals surface area contributed by atoms with Crippen LogP contribution in [-0.2, 0) is 11.3 Å². The number of fused-ring (bicyclic) bond motifs is 1. The summed E-state index contributed by atoms with van der Waals surface area (Å²) in [5.74, 6) is 2.73. The van der Waals surface area contributed by atoms with Gasteiger partial charge in [0.05, 0.1) is 17.6 Å². The molecule has 1 aliphatic heterocycles. The van der Waals surface area contributed by atoms with E-state index in [1.807, 2.05) is 6.07 Å². The molecule has 0 spiro atoms. The summed E-state index contributed by atoms with van der Waals surface area (Å²) in [6.45, 7) is 9.79. The standard InChI is InChI=1S/C20H31N5O.HI/c1-4-21-20(24-13-10-17(14-24)15-26-3)22-11-7-12-25-16(2)23-18-8-5-6-9-19(18)25;/h5-6,8-9,17H,4,7,10-15H2,1-3H3,(H,21,22);1H. The molecule has 0 saturated carbocycles. The number of benzene rings is 1. The van der Waals surface area contributed by atoms with E-state index in [9.17, 15) is 0 Å². The van der Waals surface area contributed by atoms with E-state index in [1.54, 1.807) is 7.11 Å². The first kappa shape index (κ1) is 21.9. The fourth-order valence-electron chi connectivity index (χ4n) is 3.71. The lowest BCUT2D eigenvalue weighted by atomic mass is 10.1. The molecule has 0 bridgehead atoms. The van der Waals surface area contributed by atoms with Gasteiger partial charge in [-0.1, -0.05) is 12.1 Å². The average Bonchev–Trinajstić information content (AvgIpc) is 3.22. The first-order valence-corrected chi connectivity index (χ1v) is 9.67. The predicted molar refractivity (Wildman–Crippen MR) is 122 cm³/mol. The molecule has 1 unspecified atom stereocenters. The number of ether oxygens (including phenoxy) is 1. The Morgan fingerprint density at radius 2 is 2.19 bits per heavy atom. The molecule has 27 heavy (non-hydrogen) atoms. The summed E-state index contributed by atoms with van der Waals surface area (Å²) in [5, 5.41) is 3.44. The van der Waals surface area contributed by atoms with Crippen LogP contribution in [0.2, 0.25) is 0 Å². The second-order valence-electron chi connectivity index (χ2n) is 6.94. The van der Waals surface area contributed by atoms with E-state index in [0.29, 0.717) is 5.92 Å². The van der Waals surface area contributed by atoms with E-state index >= 15 is 0 Å². The molecular formula is C20H32IN5O. The van der Waals surface area contributed by atoms with Gasteiger partial charge in [-0.25, -0.2) is 4.98 Å². The number of aliphatic imine (C=N–C) groups is 1. The van der Waals surface area contributed by atoms with E-state index in [2.05, 4.69) is 51.8 Å². The van der Waals surface area contributed by atoms with E-state index in [4.69, 9.17) is 9.73 Å². The summed E-state index contributed by atoms with van der Waals surface area (Å²) < 4.78 is 7.60. The van der Waals surface area contributed by atoms with Crippen molar-refractivity contribution in [3.05, 3.63) is 30.1 Å². The number of guanidine groups is 1. The number of imidazole rings is 1. The van der Waals surface area contributed by atoms with Crippen LogP contribution in [0, 0.1) is 12.8 Å². The van der Waals surface area contributed by atoms with Gasteiger partial charge in [-0.15, -0.1) is 24.0 Å². The van der Waals surface area contributed by atoms with Gasteiger partial charge in [0.1, 0.15) is 5.82 Å². The first-order chi connectivity index (χ1) is 12.7. The number of para-hydroxylation sites is 2. The van der Waals surface area contributed by atoms with Crippen molar-refractivity contribution in [3.8, 4) is 0 Å². The number of rotatable bonds is 7. The fourth-order valence-corrected chi connectivity index (χ4v) is 3.71. The third-order valence-corrected chi connectivity index (χ3v) is 4.97. The molecule has 6 nitrogen and oxygen atoms in total. The summed E-state index contributed by atoms with van der Waals surface area (Å²) in [5.41, 5.74) is 2.28. The Balaban J connectivity index is 0.00000261. The smallest absolute Gasteiger partial charge is 0.193 e. The molecule has 1 saturated heterocycles. The zero-order valence-electron chi connectivity index (χ0n) is 16.6. The van der Waals surface area contributed by atoms with Crippen molar-refractivity contribution in [1.82, 2.24) is 19.8 Å². The van der Waals surface area contributed by atoms with Gasteiger partial charge < -0.3 is 19.5 Å². The van der Waals surface area contributed by atoms with Crippen molar-refractivity contribution in [1.29, 1.82) is 0 Å². The molecule has 1 fully saturated rings. The highest BCUT2D eigenvalue weighted by atomic mass is 127. The van der Waals surface area contributed by atoms with Gasteiger partial charge >= 0.3 is 0 Å². The van der Waals surface area contributed by atoms with E-state index < -0.39 is 0 Å². The Hall–Kier alpha value is -1.35. The number of nitrogens with zero attached hydrogens (tertiary/aromatic N) is 4. The maximum Gasteiger partial charge on any atom is 0.193 e. The third kappa shape index (κ3) is 5.57. The zero-order valence-corrected chi connectivity index (χ0v) is 19.0. The Morgan fingerprint density at radius 3 is 2.96 bits per heavy atom. The van der Waals surface area contributed by atoms with Gasteiger partial charge in [0, 0.05) is 45.8 Å². The maximum atomic E-state index is 5.30. The monoisotopic (exact) mass is 485 g/mol. The van der Waals surface area contributed by atoms with Crippen LogP contribution in [0.3, 0.4) is 0 Å². The van der Waals surface area contributed by atoms with Gasteiger partial charge in [-0.2, -0.15) is 0 Å². The van der Waals surface area contributed by atoms with Crippen LogP contribution in [0.25, 0.3) is 11.0 Å². The highest BCUT2D eigenvalue weighted by molar-refractivity contribution is 14.0. The number of halogens is 1. The SMILES string of the molecule is CCNC(=NCCCn1c(C)nc2ccccc21)N1CCC(COC)C1.I. The normalized spacial score (nSPS) is 17.4. The van der Waals surface area contributed by atoms with Crippen LogP contribution in [0.4, 0.5) is 0 Å². The summed E-state index contributed by atoms with van der Waals surface area (Å²) in [7, 11) is 1.78. The molecule has 1 aromatic heterocycles. The number of nitrogens with one attached hydrogen (secondary N) is 1. The molecule has 0 radical (unpaired) electrons. The number of hydrogen-bond donors (Lipinski definition) is 1. The van der Waals surface area contributed by atoms with Crippen LogP contribution in [-0.4, -0.2) is 60.3 Å². The van der Waals surface area contributed by atoms with Crippen LogP contribution in [0.15, 0.2) is 29.3 Å². The van der Waals surface area contributed by atoms with Crippen molar-refractivity contribution >= 4 is 41.0 Å². The summed E-state index contributed by atoms with van der Waals surface area (Å²) in [6.07, 6.45) is 2.18. The first-order valence-electron chi connectivity index (χ1n) is 9.67. The third-order valence-electron chi connectivity index (χ3n) is 4.97. The van der Waals surface area contributed by atoms with Crippen molar-refractivity contribution in [2.24, 2.45) is 10.9 Å². The van der Waals surface area contributed by atoms with Gasteiger partial charge in [-0.05, 0) is 38.8 Å². The summed E-state index contributed by atoms with van der Waals surface area (Å²) in [6, 6.07) is 8.33. The van der Waals surface area contributed by atoms with Crippen LogP contribution >= 0.6 is 24.0 Å². The summed E-state index contributed by atoms with van der Waals surface area (Å²) >= 11 is 0. The quantitative estimate of drug-likeness (QED) is 0.283. The lowest BCUT2D eigenvalue weighted by Crippen LogP contribution is -2.40. The second kappa shape index (κ2) is 10.8. The number of aryl methyl sites for hydroxylation is 2. The zero-order chi connectivity index (χ0) is 18.4. The largest absolute Gasteiger partial charge is 0.384 e. The number of aromatic nitrogens is 2. The molecule has 0 amide bonds. The number of likely N-dealkylation sites (tertiary alicyclic amines) is 1.